The molecule has 0 amide bonds. The van der Waals surface area contributed by atoms with Crippen molar-refractivity contribution in [3.05, 3.63) is 0 Å². The van der Waals surface area contributed by atoms with Crippen molar-refractivity contribution in [1.29, 1.82) is 0 Å². The minimum Gasteiger partial charge on any atom is -0.120 e. The molecule has 0 aromatic rings. The normalized spacial score (nSPS) is 15.5. The zero-order valence-electron chi connectivity index (χ0n) is 8.45. The molecule has 0 N–H and O–H groups in total. The highest BCUT2D eigenvalue weighted by molar-refractivity contribution is 6.23. The second kappa shape index (κ2) is 4.35. The van der Waals surface area contributed by atoms with E-state index >= 15 is 0 Å². The third kappa shape index (κ3) is 5.55. The molecular weight excluding hydrogens is 156 g/mol. The van der Waals surface area contributed by atoms with Crippen LogP contribution in [0.1, 0.15) is 47.5 Å². The van der Waals surface area contributed by atoms with Gasteiger partial charge in [-0.05, 0) is 32.1 Å². The second-order valence-corrected chi connectivity index (χ2v) is 5.41. The largest absolute Gasteiger partial charge is 0.120 e. The van der Waals surface area contributed by atoms with E-state index in [-0.39, 0.29) is 4.87 Å². The van der Waals surface area contributed by atoms with Gasteiger partial charge in [0.15, 0.2) is 0 Å². The van der Waals surface area contributed by atoms with Gasteiger partial charge in [-0.1, -0.05) is 27.2 Å². The Morgan fingerprint density at radius 3 is 1.82 bits per heavy atom. The molecule has 0 fully saturated rings. The predicted octanol–water partition coefficient (Wildman–Crippen LogP) is 4.08. The summed E-state index contributed by atoms with van der Waals surface area (Å²) in [5.74, 6) is 1.42. The minimum atomic E-state index is -0.0328. The lowest BCUT2D eigenvalue weighted by Crippen LogP contribution is -2.21. The fourth-order valence-corrected chi connectivity index (χ4v) is 1.04. The predicted molar refractivity (Wildman–Crippen MR) is 53.2 cm³/mol. The molecule has 0 bridgehead atoms. The molecular formula is C10H21Cl. The second-order valence-electron chi connectivity index (χ2n) is 4.44. The first-order chi connectivity index (χ1) is 4.84. The van der Waals surface area contributed by atoms with E-state index in [1.54, 1.807) is 0 Å². The lowest BCUT2D eigenvalue weighted by molar-refractivity contribution is 0.381. The van der Waals surface area contributed by atoms with E-state index in [0.717, 1.165) is 5.92 Å². The molecule has 68 valence electrons. The van der Waals surface area contributed by atoms with Crippen LogP contribution < -0.4 is 0 Å². The molecule has 0 heterocycles. The van der Waals surface area contributed by atoms with E-state index in [2.05, 4.69) is 34.6 Å². The smallest absolute Gasteiger partial charge is 0.0416 e. The molecule has 1 atom stereocenters. The molecule has 1 heteroatoms. The van der Waals surface area contributed by atoms with E-state index < -0.39 is 0 Å². The SMILES string of the molecule is CC(C)CC[C@@H](C)C(C)(C)Cl. The minimum absolute atomic E-state index is 0.0328. The Labute approximate surface area is 76.3 Å². The van der Waals surface area contributed by atoms with Crippen LogP contribution in [0.2, 0.25) is 0 Å². The summed E-state index contributed by atoms with van der Waals surface area (Å²) >= 11 is 6.17. The molecule has 0 rings (SSSR count). The summed E-state index contributed by atoms with van der Waals surface area (Å²) in [6.07, 6.45) is 2.53. The number of halogens is 1. The van der Waals surface area contributed by atoms with Crippen molar-refractivity contribution >= 4 is 11.6 Å². The van der Waals surface area contributed by atoms with Crippen LogP contribution in [0.25, 0.3) is 0 Å². The fourth-order valence-electron chi connectivity index (χ4n) is 0.927. The van der Waals surface area contributed by atoms with Crippen LogP contribution in [0.15, 0.2) is 0 Å². The Morgan fingerprint density at radius 2 is 1.55 bits per heavy atom. The van der Waals surface area contributed by atoms with Gasteiger partial charge < -0.3 is 0 Å². The first-order valence-electron chi connectivity index (χ1n) is 4.53. The standard InChI is InChI=1S/C10H21Cl/c1-8(2)6-7-9(3)10(4,5)11/h8-9H,6-7H2,1-5H3/t9-/m1/s1. The van der Waals surface area contributed by atoms with E-state index in [1.165, 1.54) is 12.8 Å². The molecule has 11 heavy (non-hydrogen) atoms. The molecule has 0 unspecified atom stereocenters. The molecule has 0 aliphatic heterocycles. The fraction of sp³-hybridized carbons (Fsp3) is 1.00. The van der Waals surface area contributed by atoms with Gasteiger partial charge in [0.05, 0.1) is 0 Å². The molecule has 0 aromatic heterocycles. The first-order valence-corrected chi connectivity index (χ1v) is 4.90. The molecule has 0 nitrogen and oxygen atoms in total. The monoisotopic (exact) mass is 176 g/mol. The summed E-state index contributed by atoms with van der Waals surface area (Å²) in [7, 11) is 0. The van der Waals surface area contributed by atoms with E-state index in [0.29, 0.717) is 5.92 Å². The molecule has 0 aliphatic rings. The van der Waals surface area contributed by atoms with Crippen LogP contribution in [0.3, 0.4) is 0 Å². The van der Waals surface area contributed by atoms with Gasteiger partial charge in [0, 0.05) is 4.87 Å². The van der Waals surface area contributed by atoms with Gasteiger partial charge >= 0.3 is 0 Å². The first kappa shape index (κ1) is 11.3. The maximum Gasteiger partial charge on any atom is 0.0416 e. The van der Waals surface area contributed by atoms with Gasteiger partial charge in [-0.2, -0.15) is 0 Å². The summed E-state index contributed by atoms with van der Waals surface area (Å²) in [5.41, 5.74) is 0. The average molecular weight is 177 g/mol. The Bertz CT molecular complexity index is 99.9. The van der Waals surface area contributed by atoms with Crippen molar-refractivity contribution in [3.63, 3.8) is 0 Å². The topological polar surface area (TPSA) is 0 Å². The zero-order chi connectivity index (χ0) is 9.07. The highest BCUT2D eigenvalue weighted by Crippen LogP contribution is 2.28. The van der Waals surface area contributed by atoms with Gasteiger partial charge in [0.25, 0.3) is 0 Å². The molecule has 0 saturated heterocycles. The Hall–Kier alpha value is 0.290. The van der Waals surface area contributed by atoms with Crippen molar-refractivity contribution in [2.24, 2.45) is 11.8 Å². The van der Waals surface area contributed by atoms with Gasteiger partial charge in [0.1, 0.15) is 0 Å². The van der Waals surface area contributed by atoms with Crippen molar-refractivity contribution in [2.45, 2.75) is 52.3 Å². The van der Waals surface area contributed by atoms with Crippen LogP contribution >= 0.6 is 11.6 Å². The molecule has 0 saturated carbocycles. The highest BCUT2D eigenvalue weighted by Gasteiger charge is 2.21. The van der Waals surface area contributed by atoms with Crippen LogP contribution in [-0.4, -0.2) is 4.87 Å². The Balaban J connectivity index is 3.61. The summed E-state index contributed by atoms with van der Waals surface area (Å²) in [6, 6.07) is 0. The number of alkyl halides is 1. The van der Waals surface area contributed by atoms with Crippen LogP contribution in [0.4, 0.5) is 0 Å². The Kier molecular flexibility index (Phi) is 4.46. The quantitative estimate of drug-likeness (QED) is 0.567. The molecule has 0 aliphatic carbocycles. The average Bonchev–Trinajstić information content (AvgIpc) is 1.80. The van der Waals surface area contributed by atoms with Crippen LogP contribution in [-0.2, 0) is 0 Å². The number of hydrogen-bond acceptors (Lipinski definition) is 0. The van der Waals surface area contributed by atoms with Crippen LogP contribution in [0, 0.1) is 11.8 Å². The molecule has 0 spiro atoms. The van der Waals surface area contributed by atoms with Gasteiger partial charge in [-0.3, -0.25) is 0 Å². The van der Waals surface area contributed by atoms with Crippen molar-refractivity contribution in [3.8, 4) is 0 Å². The number of hydrogen-bond donors (Lipinski definition) is 0. The zero-order valence-corrected chi connectivity index (χ0v) is 9.20. The third-order valence-corrected chi connectivity index (χ3v) is 2.72. The van der Waals surface area contributed by atoms with E-state index in [9.17, 15) is 0 Å². The van der Waals surface area contributed by atoms with Gasteiger partial charge in [0.2, 0.25) is 0 Å². The third-order valence-electron chi connectivity index (χ3n) is 2.35. The summed E-state index contributed by atoms with van der Waals surface area (Å²) in [5, 5.41) is 0. The molecule has 0 aromatic carbocycles. The summed E-state index contributed by atoms with van der Waals surface area (Å²) in [4.78, 5) is -0.0328. The lowest BCUT2D eigenvalue weighted by atomic mass is 9.90. The number of rotatable bonds is 4. The van der Waals surface area contributed by atoms with Crippen LogP contribution in [0.5, 0.6) is 0 Å². The maximum atomic E-state index is 6.17. The lowest BCUT2D eigenvalue weighted by Gasteiger charge is -2.25. The van der Waals surface area contributed by atoms with Crippen molar-refractivity contribution in [2.75, 3.05) is 0 Å². The summed E-state index contributed by atoms with van der Waals surface area (Å²) in [6.45, 7) is 10.9. The molecule has 0 radical (unpaired) electrons. The maximum absolute atomic E-state index is 6.17. The van der Waals surface area contributed by atoms with Crippen molar-refractivity contribution in [1.82, 2.24) is 0 Å². The van der Waals surface area contributed by atoms with E-state index in [1.807, 2.05) is 0 Å². The highest BCUT2D eigenvalue weighted by atomic mass is 35.5. The van der Waals surface area contributed by atoms with Crippen molar-refractivity contribution < 1.29 is 0 Å². The van der Waals surface area contributed by atoms with Gasteiger partial charge in [-0.25, -0.2) is 0 Å². The van der Waals surface area contributed by atoms with E-state index in [4.69, 9.17) is 11.6 Å². The Morgan fingerprint density at radius 1 is 1.09 bits per heavy atom. The summed E-state index contributed by atoms with van der Waals surface area (Å²) < 4.78 is 0. The van der Waals surface area contributed by atoms with Gasteiger partial charge in [-0.15, -0.1) is 11.6 Å².